The number of nitrogens with one attached hydrogen (secondary N) is 1. The molecule has 0 spiro atoms. The van der Waals surface area contributed by atoms with E-state index in [1.54, 1.807) is 18.9 Å². The number of carbonyl (C=O) groups excluding carboxylic acids is 1. The van der Waals surface area contributed by atoms with Crippen molar-refractivity contribution in [1.82, 2.24) is 15.2 Å². The summed E-state index contributed by atoms with van der Waals surface area (Å²) in [5.41, 5.74) is 6.04. The highest BCUT2D eigenvalue weighted by Gasteiger charge is 2.10. The van der Waals surface area contributed by atoms with Crippen LogP contribution in [0.25, 0.3) is 0 Å². The Morgan fingerprint density at radius 2 is 1.92 bits per heavy atom. The van der Waals surface area contributed by atoms with Gasteiger partial charge in [0.25, 0.3) is 5.91 Å². The molecule has 25 heavy (non-hydrogen) atoms. The number of carbonyl (C=O) groups is 1. The maximum Gasteiger partial charge on any atom is 0.261 e. The van der Waals surface area contributed by atoms with Gasteiger partial charge in [0.1, 0.15) is 6.54 Å². The Kier molecular flexibility index (Phi) is 6.16. The van der Waals surface area contributed by atoms with Gasteiger partial charge in [-0.05, 0) is 44.5 Å². The second-order valence-corrected chi connectivity index (χ2v) is 5.60. The number of nitrogens with zero attached hydrogens (tertiary/aromatic N) is 3. The van der Waals surface area contributed by atoms with Crippen molar-refractivity contribution in [3.63, 3.8) is 0 Å². The first-order chi connectivity index (χ1) is 12.0. The molecule has 0 aliphatic carbocycles. The van der Waals surface area contributed by atoms with Gasteiger partial charge < -0.3 is 9.47 Å². The number of hydrogen-bond donors (Lipinski definition) is 1. The van der Waals surface area contributed by atoms with Crippen LogP contribution in [-0.2, 0) is 11.3 Å². The Morgan fingerprint density at radius 3 is 2.48 bits per heavy atom. The molecule has 0 bridgehead atoms. The van der Waals surface area contributed by atoms with Crippen LogP contribution in [-0.4, -0.2) is 35.6 Å². The Morgan fingerprint density at radius 1 is 1.20 bits per heavy atom. The van der Waals surface area contributed by atoms with E-state index < -0.39 is 0 Å². The number of ether oxygens (including phenoxy) is 2. The molecular weight excluding hydrogens is 320 g/mol. The van der Waals surface area contributed by atoms with Gasteiger partial charge >= 0.3 is 0 Å². The average molecular weight is 344 g/mol. The van der Waals surface area contributed by atoms with Gasteiger partial charge in [-0.2, -0.15) is 10.2 Å². The van der Waals surface area contributed by atoms with Crippen LogP contribution in [0, 0.1) is 13.8 Å². The summed E-state index contributed by atoms with van der Waals surface area (Å²) in [6.07, 6.45) is 0.662. The van der Waals surface area contributed by atoms with Crippen LogP contribution in [0.15, 0.2) is 29.4 Å². The molecule has 0 radical (unpaired) electrons. The summed E-state index contributed by atoms with van der Waals surface area (Å²) in [5, 5.41) is 8.53. The molecule has 0 fully saturated rings. The van der Waals surface area contributed by atoms with E-state index in [4.69, 9.17) is 9.47 Å². The number of benzene rings is 1. The normalized spacial score (nSPS) is 11.3. The van der Waals surface area contributed by atoms with Crippen LogP contribution in [0.3, 0.4) is 0 Å². The lowest BCUT2D eigenvalue weighted by Crippen LogP contribution is -2.25. The molecule has 0 aliphatic rings. The van der Waals surface area contributed by atoms with Crippen LogP contribution < -0.4 is 14.9 Å². The summed E-state index contributed by atoms with van der Waals surface area (Å²) in [6.45, 7) is 5.91. The van der Waals surface area contributed by atoms with Crippen molar-refractivity contribution in [2.45, 2.75) is 33.7 Å². The summed E-state index contributed by atoms with van der Waals surface area (Å²) in [4.78, 5) is 12.1. The molecule has 2 aromatic rings. The first kappa shape index (κ1) is 18.5. The summed E-state index contributed by atoms with van der Waals surface area (Å²) in [5.74, 6) is 1.04. The highest BCUT2D eigenvalue weighted by Crippen LogP contribution is 2.28. The van der Waals surface area contributed by atoms with Gasteiger partial charge in [0, 0.05) is 11.3 Å². The maximum absolute atomic E-state index is 12.1. The zero-order valence-corrected chi connectivity index (χ0v) is 15.3. The Hall–Kier alpha value is -2.83. The quantitative estimate of drug-likeness (QED) is 0.618. The smallest absolute Gasteiger partial charge is 0.261 e. The summed E-state index contributed by atoms with van der Waals surface area (Å²) >= 11 is 0. The van der Waals surface area contributed by atoms with Gasteiger partial charge in [-0.25, -0.2) is 5.43 Å². The van der Waals surface area contributed by atoms with Crippen LogP contribution in [0.1, 0.15) is 30.3 Å². The molecule has 1 heterocycles. The molecular formula is C18H24N4O3. The molecule has 0 aliphatic heterocycles. The first-order valence-corrected chi connectivity index (χ1v) is 8.07. The molecule has 7 heteroatoms. The molecule has 1 aromatic carbocycles. The van der Waals surface area contributed by atoms with Crippen molar-refractivity contribution in [1.29, 1.82) is 0 Å². The first-order valence-electron chi connectivity index (χ1n) is 8.07. The van der Waals surface area contributed by atoms with E-state index in [1.165, 1.54) is 0 Å². The highest BCUT2D eigenvalue weighted by atomic mass is 16.5. The van der Waals surface area contributed by atoms with Crippen molar-refractivity contribution in [2.24, 2.45) is 5.10 Å². The van der Waals surface area contributed by atoms with Crippen molar-refractivity contribution < 1.29 is 14.3 Å². The minimum absolute atomic E-state index is 0.131. The minimum atomic E-state index is -0.224. The van der Waals surface area contributed by atoms with Crippen LogP contribution in [0.4, 0.5) is 0 Å². The molecule has 134 valence electrons. The molecule has 0 saturated heterocycles. The van der Waals surface area contributed by atoms with Gasteiger partial charge in [0.2, 0.25) is 0 Å². The maximum atomic E-state index is 12.1. The summed E-state index contributed by atoms with van der Waals surface area (Å²) in [6, 6.07) is 7.47. The number of rotatable bonds is 7. The molecule has 0 unspecified atom stereocenters. The van der Waals surface area contributed by atoms with Crippen LogP contribution >= 0.6 is 0 Å². The Labute approximate surface area is 147 Å². The molecule has 1 aromatic heterocycles. The molecule has 7 nitrogen and oxygen atoms in total. The van der Waals surface area contributed by atoms with E-state index in [0.29, 0.717) is 17.9 Å². The van der Waals surface area contributed by atoms with Gasteiger partial charge in [-0.1, -0.05) is 6.92 Å². The van der Waals surface area contributed by atoms with E-state index >= 15 is 0 Å². The predicted molar refractivity (Wildman–Crippen MR) is 96.2 cm³/mol. The van der Waals surface area contributed by atoms with Gasteiger partial charge in [0.05, 0.1) is 25.6 Å². The van der Waals surface area contributed by atoms with Gasteiger partial charge in [-0.3, -0.25) is 9.48 Å². The third-order valence-electron chi connectivity index (χ3n) is 3.76. The average Bonchev–Trinajstić information content (AvgIpc) is 2.92. The standard InChI is InChI=1S/C18H24N4O3/c1-6-15(14-7-8-16(24-4)17(10-14)25-5)19-20-18(23)11-22-13(3)9-12(2)21-22/h7-10H,6,11H2,1-5H3,(H,20,23)/b19-15+. The lowest BCUT2D eigenvalue weighted by atomic mass is 10.1. The topological polar surface area (TPSA) is 77.7 Å². The van der Waals surface area contributed by atoms with Crippen molar-refractivity contribution in [3.8, 4) is 11.5 Å². The Bertz CT molecular complexity index is 781. The lowest BCUT2D eigenvalue weighted by Gasteiger charge is -2.11. The second kappa shape index (κ2) is 8.32. The van der Waals surface area contributed by atoms with Crippen molar-refractivity contribution in [2.75, 3.05) is 14.2 Å². The van der Waals surface area contributed by atoms with E-state index in [0.717, 1.165) is 22.7 Å². The SMILES string of the molecule is CC/C(=N\NC(=O)Cn1nc(C)cc1C)c1ccc(OC)c(OC)c1. The highest BCUT2D eigenvalue weighted by molar-refractivity contribution is 6.01. The van der Waals surface area contributed by atoms with Gasteiger partial charge in [0.15, 0.2) is 11.5 Å². The summed E-state index contributed by atoms with van der Waals surface area (Å²) < 4.78 is 12.2. The third-order valence-corrected chi connectivity index (χ3v) is 3.76. The van der Waals surface area contributed by atoms with E-state index in [9.17, 15) is 4.79 Å². The number of aromatic nitrogens is 2. The number of hydrogen-bond acceptors (Lipinski definition) is 5. The fourth-order valence-corrected chi connectivity index (χ4v) is 2.50. The zero-order valence-electron chi connectivity index (χ0n) is 15.3. The lowest BCUT2D eigenvalue weighted by molar-refractivity contribution is -0.121. The Balaban J connectivity index is 2.12. The van der Waals surface area contributed by atoms with Crippen molar-refractivity contribution in [3.05, 3.63) is 41.2 Å². The zero-order chi connectivity index (χ0) is 18.4. The van der Waals surface area contributed by atoms with Crippen LogP contribution in [0.2, 0.25) is 0 Å². The molecule has 0 atom stereocenters. The van der Waals surface area contributed by atoms with Gasteiger partial charge in [-0.15, -0.1) is 0 Å². The largest absolute Gasteiger partial charge is 0.493 e. The monoisotopic (exact) mass is 344 g/mol. The number of methoxy groups -OCH3 is 2. The summed E-state index contributed by atoms with van der Waals surface area (Å²) in [7, 11) is 3.17. The number of aryl methyl sites for hydroxylation is 2. The number of amides is 1. The van der Waals surface area contributed by atoms with Crippen LogP contribution in [0.5, 0.6) is 11.5 Å². The van der Waals surface area contributed by atoms with E-state index in [-0.39, 0.29) is 12.5 Å². The predicted octanol–water partition coefficient (Wildman–Crippen LogP) is 2.45. The van der Waals surface area contributed by atoms with E-state index in [2.05, 4.69) is 15.6 Å². The molecule has 1 N–H and O–H groups in total. The van der Waals surface area contributed by atoms with E-state index in [1.807, 2.05) is 45.0 Å². The molecule has 1 amide bonds. The minimum Gasteiger partial charge on any atom is -0.493 e. The molecule has 0 saturated carbocycles. The molecule has 2 rings (SSSR count). The third kappa shape index (κ3) is 4.59. The number of hydrazone groups is 1. The second-order valence-electron chi connectivity index (χ2n) is 5.60. The van der Waals surface area contributed by atoms with Crippen molar-refractivity contribution >= 4 is 11.6 Å². The fraction of sp³-hybridized carbons (Fsp3) is 0.389. The fourth-order valence-electron chi connectivity index (χ4n) is 2.50.